The molecule has 0 aromatic carbocycles. The van der Waals surface area contributed by atoms with Crippen LogP contribution in [-0.4, -0.2) is 36.0 Å². The first kappa shape index (κ1) is 10.7. The summed E-state index contributed by atoms with van der Waals surface area (Å²) >= 11 is 0. The Kier molecular flexibility index (Phi) is 3.41. The van der Waals surface area contributed by atoms with E-state index in [-0.39, 0.29) is 11.9 Å². The smallest absolute Gasteiger partial charge is 0.239 e. The van der Waals surface area contributed by atoms with Gasteiger partial charge in [0, 0.05) is 19.1 Å². The fraction of sp³-hybridized carbons (Fsp3) is 0.750. The van der Waals surface area contributed by atoms with Crippen LogP contribution in [-0.2, 0) is 4.79 Å². The van der Waals surface area contributed by atoms with Crippen molar-refractivity contribution >= 4 is 5.91 Å². The van der Waals surface area contributed by atoms with Crippen molar-refractivity contribution in [3.8, 4) is 0 Å². The van der Waals surface area contributed by atoms with E-state index < -0.39 is 0 Å². The van der Waals surface area contributed by atoms with Crippen molar-refractivity contribution in [2.45, 2.75) is 44.7 Å². The molecule has 2 rings (SSSR count). The summed E-state index contributed by atoms with van der Waals surface area (Å²) in [6.07, 6.45) is 8.84. The zero-order valence-electron chi connectivity index (χ0n) is 9.41. The Morgan fingerprint density at radius 2 is 1.93 bits per heavy atom. The Morgan fingerprint density at radius 1 is 1.33 bits per heavy atom. The Balaban J connectivity index is 1.78. The van der Waals surface area contributed by atoms with Gasteiger partial charge in [0.25, 0.3) is 0 Å². The van der Waals surface area contributed by atoms with Gasteiger partial charge in [0.05, 0.1) is 6.04 Å². The van der Waals surface area contributed by atoms with Crippen molar-refractivity contribution in [3.05, 3.63) is 12.2 Å². The number of rotatable bonds is 3. The number of carbonyl (C=O) groups is 1. The summed E-state index contributed by atoms with van der Waals surface area (Å²) < 4.78 is 0. The Hall–Kier alpha value is -0.830. The first-order chi connectivity index (χ1) is 7.27. The predicted octanol–water partition coefficient (Wildman–Crippen LogP) is 1.31. The van der Waals surface area contributed by atoms with Crippen LogP contribution in [0.3, 0.4) is 0 Å². The van der Waals surface area contributed by atoms with E-state index in [0.29, 0.717) is 6.04 Å². The number of hydrogen-bond acceptors (Lipinski definition) is 2. The molecule has 15 heavy (non-hydrogen) atoms. The fourth-order valence-electron chi connectivity index (χ4n) is 2.39. The Bertz CT molecular complexity index is 248. The second-order valence-electron chi connectivity index (χ2n) is 4.56. The predicted molar refractivity (Wildman–Crippen MR) is 60.6 cm³/mol. The van der Waals surface area contributed by atoms with Crippen molar-refractivity contribution in [2.24, 2.45) is 0 Å². The Labute approximate surface area is 91.5 Å². The summed E-state index contributed by atoms with van der Waals surface area (Å²) in [5.74, 6) is 0.277. The highest BCUT2D eigenvalue weighted by Gasteiger charge is 2.24. The molecule has 1 unspecified atom stereocenters. The molecule has 84 valence electrons. The molecule has 2 aliphatic rings. The van der Waals surface area contributed by atoms with E-state index in [1.54, 1.807) is 0 Å². The third kappa shape index (κ3) is 2.59. The average Bonchev–Trinajstić information content (AvgIpc) is 2.88. The molecule has 0 bridgehead atoms. The highest BCUT2D eigenvalue weighted by Crippen LogP contribution is 2.12. The van der Waals surface area contributed by atoms with Gasteiger partial charge < -0.3 is 10.2 Å². The van der Waals surface area contributed by atoms with E-state index in [1.807, 2.05) is 11.8 Å². The molecule has 3 nitrogen and oxygen atoms in total. The lowest BCUT2D eigenvalue weighted by molar-refractivity contribution is -0.132. The van der Waals surface area contributed by atoms with Gasteiger partial charge in [0.2, 0.25) is 5.91 Å². The van der Waals surface area contributed by atoms with Gasteiger partial charge in [-0.3, -0.25) is 4.79 Å². The third-order valence-corrected chi connectivity index (χ3v) is 3.28. The number of amides is 1. The van der Waals surface area contributed by atoms with E-state index in [2.05, 4.69) is 17.5 Å². The number of likely N-dealkylation sites (tertiary alicyclic amines) is 1. The monoisotopic (exact) mass is 208 g/mol. The van der Waals surface area contributed by atoms with E-state index in [9.17, 15) is 4.79 Å². The zero-order valence-corrected chi connectivity index (χ0v) is 9.41. The van der Waals surface area contributed by atoms with Gasteiger partial charge in [-0.1, -0.05) is 12.2 Å². The van der Waals surface area contributed by atoms with Gasteiger partial charge >= 0.3 is 0 Å². The summed E-state index contributed by atoms with van der Waals surface area (Å²) in [7, 11) is 0. The highest BCUT2D eigenvalue weighted by molar-refractivity contribution is 5.81. The normalized spacial score (nSPS) is 23.7. The van der Waals surface area contributed by atoms with E-state index >= 15 is 0 Å². The molecule has 1 aliphatic carbocycles. The second kappa shape index (κ2) is 4.79. The van der Waals surface area contributed by atoms with Crippen molar-refractivity contribution in [2.75, 3.05) is 13.1 Å². The van der Waals surface area contributed by atoms with Crippen LogP contribution in [0.25, 0.3) is 0 Å². The first-order valence-electron chi connectivity index (χ1n) is 5.97. The minimum atomic E-state index is -0.0204. The van der Waals surface area contributed by atoms with Crippen LogP contribution in [0, 0.1) is 0 Å². The van der Waals surface area contributed by atoms with Gasteiger partial charge in [0.15, 0.2) is 0 Å². The van der Waals surface area contributed by atoms with Gasteiger partial charge in [-0.05, 0) is 32.6 Å². The van der Waals surface area contributed by atoms with Gasteiger partial charge in [0.1, 0.15) is 0 Å². The summed E-state index contributed by atoms with van der Waals surface area (Å²) in [6, 6.07) is 0.458. The summed E-state index contributed by atoms with van der Waals surface area (Å²) in [5, 5.41) is 3.40. The van der Waals surface area contributed by atoms with Gasteiger partial charge in [-0.25, -0.2) is 0 Å². The summed E-state index contributed by atoms with van der Waals surface area (Å²) in [6.45, 7) is 3.89. The van der Waals surface area contributed by atoms with Crippen molar-refractivity contribution < 1.29 is 4.79 Å². The molecule has 1 heterocycles. The molecule has 3 heteroatoms. The standard InChI is InChI=1S/C12H20N2O/c1-10(13-11-6-2-3-7-11)12(15)14-8-4-5-9-14/h2-3,10-11,13H,4-9H2,1H3. The molecule has 1 N–H and O–H groups in total. The van der Waals surface area contributed by atoms with Gasteiger partial charge in [-0.15, -0.1) is 0 Å². The quantitative estimate of drug-likeness (QED) is 0.709. The van der Waals surface area contributed by atoms with Crippen LogP contribution in [0.1, 0.15) is 32.6 Å². The lowest BCUT2D eigenvalue weighted by Crippen LogP contribution is -2.46. The van der Waals surface area contributed by atoms with Crippen LogP contribution in [0.15, 0.2) is 12.2 Å². The number of carbonyl (C=O) groups excluding carboxylic acids is 1. The molecular formula is C12H20N2O. The maximum atomic E-state index is 12.0. The number of hydrogen-bond donors (Lipinski definition) is 1. The zero-order chi connectivity index (χ0) is 10.7. The minimum Gasteiger partial charge on any atom is -0.341 e. The maximum Gasteiger partial charge on any atom is 0.239 e. The molecule has 1 fully saturated rings. The lowest BCUT2D eigenvalue weighted by atomic mass is 10.2. The molecule has 1 saturated heterocycles. The molecule has 0 aromatic rings. The maximum absolute atomic E-state index is 12.0. The van der Waals surface area contributed by atoms with Crippen molar-refractivity contribution in [1.29, 1.82) is 0 Å². The van der Waals surface area contributed by atoms with Crippen LogP contribution in [0.5, 0.6) is 0 Å². The molecule has 1 amide bonds. The largest absolute Gasteiger partial charge is 0.341 e. The third-order valence-electron chi connectivity index (χ3n) is 3.28. The second-order valence-corrected chi connectivity index (χ2v) is 4.56. The fourth-order valence-corrected chi connectivity index (χ4v) is 2.39. The SMILES string of the molecule is CC(NC1CC=CC1)C(=O)N1CCCC1. The van der Waals surface area contributed by atoms with Crippen LogP contribution in [0.4, 0.5) is 0 Å². The number of nitrogens with zero attached hydrogens (tertiary/aromatic N) is 1. The molecule has 1 aliphatic heterocycles. The number of nitrogens with one attached hydrogen (secondary N) is 1. The van der Waals surface area contributed by atoms with E-state index in [1.165, 1.54) is 12.8 Å². The first-order valence-corrected chi connectivity index (χ1v) is 5.97. The molecule has 0 radical (unpaired) electrons. The summed E-state index contributed by atoms with van der Waals surface area (Å²) in [5.41, 5.74) is 0. The molecule has 0 saturated carbocycles. The van der Waals surface area contributed by atoms with Crippen LogP contribution < -0.4 is 5.32 Å². The van der Waals surface area contributed by atoms with Crippen LogP contribution in [0.2, 0.25) is 0 Å². The molecule has 0 aromatic heterocycles. The average molecular weight is 208 g/mol. The molecular weight excluding hydrogens is 188 g/mol. The highest BCUT2D eigenvalue weighted by atomic mass is 16.2. The van der Waals surface area contributed by atoms with Crippen molar-refractivity contribution in [1.82, 2.24) is 10.2 Å². The van der Waals surface area contributed by atoms with E-state index in [0.717, 1.165) is 25.9 Å². The summed E-state index contributed by atoms with van der Waals surface area (Å²) in [4.78, 5) is 14.0. The van der Waals surface area contributed by atoms with Crippen molar-refractivity contribution in [3.63, 3.8) is 0 Å². The Morgan fingerprint density at radius 3 is 2.53 bits per heavy atom. The molecule has 0 spiro atoms. The topological polar surface area (TPSA) is 32.3 Å². The molecule has 1 atom stereocenters. The van der Waals surface area contributed by atoms with Gasteiger partial charge in [-0.2, -0.15) is 0 Å². The lowest BCUT2D eigenvalue weighted by Gasteiger charge is -2.23. The minimum absolute atomic E-state index is 0.0204. The van der Waals surface area contributed by atoms with E-state index in [4.69, 9.17) is 0 Å². The van der Waals surface area contributed by atoms with Crippen LogP contribution >= 0.6 is 0 Å².